The summed E-state index contributed by atoms with van der Waals surface area (Å²) in [6, 6.07) is 36.3. The summed E-state index contributed by atoms with van der Waals surface area (Å²) in [5.74, 6) is -1.51. The molecule has 1 fully saturated rings. The smallest absolute Gasteiger partial charge is 0.228 e. The normalized spacial score (nSPS) is 20.1. The topological polar surface area (TPSA) is 99.1 Å². The van der Waals surface area contributed by atoms with Crippen molar-refractivity contribution in [2.24, 2.45) is 11.8 Å². The van der Waals surface area contributed by atoms with Gasteiger partial charge in [-0.3, -0.25) is 9.59 Å². The predicted octanol–water partition coefficient (Wildman–Crippen LogP) is 7.13. The van der Waals surface area contributed by atoms with Gasteiger partial charge in [-0.2, -0.15) is 0 Å². The fraction of sp³-hybridized carbons (Fsp3) is 0.422. The van der Waals surface area contributed by atoms with Crippen LogP contribution >= 0.6 is 0 Å². The summed E-state index contributed by atoms with van der Waals surface area (Å²) < 4.78 is 6.47. The highest BCUT2D eigenvalue weighted by Gasteiger charge is 2.54. The van der Waals surface area contributed by atoms with E-state index in [1.54, 1.807) is 11.1 Å². The van der Waals surface area contributed by atoms with E-state index in [2.05, 4.69) is 41.7 Å². The number of fused-ring (bicyclic) bond motifs is 4. The van der Waals surface area contributed by atoms with E-state index in [0.29, 0.717) is 12.8 Å². The third kappa shape index (κ3) is 9.19. The third-order valence-electron chi connectivity index (χ3n) is 10.6. The quantitative estimate of drug-likeness (QED) is 0.145. The Morgan fingerprint density at radius 2 is 1.29 bits per heavy atom. The maximum Gasteiger partial charge on any atom is 0.228 e. The molecule has 1 saturated heterocycles. The molecule has 1 heterocycles. The molecule has 3 unspecified atom stereocenters. The van der Waals surface area contributed by atoms with E-state index in [4.69, 9.17) is 4.74 Å². The van der Waals surface area contributed by atoms with Crippen molar-refractivity contribution in [1.82, 2.24) is 10.2 Å². The molecule has 7 rings (SSSR count). The third-order valence-corrected chi connectivity index (χ3v) is 10.6. The van der Waals surface area contributed by atoms with Crippen LogP contribution in [0.4, 0.5) is 0 Å². The second-order valence-corrected chi connectivity index (χ2v) is 15.7. The first-order chi connectivity index (χ1) is 24.9. The Hall–Kier alpha value is -4.30. The highest BCUT2D eigenvalue weighted by molar-refractivity contribution is 5.81. The molecule has 0 aromatic heterocycles. The number of benzene rings is 4. The Morgan fingerprint density at radius 1 is 0.788 bits per heavy atom. The van der Waals surface area contributed by atoms with Gasteiger partial charge in [0.25, 0.3) is 0 Å². The van der Waals surface area contributed by atoms with Gasteiger partial charge in [0, 0.05) is 18.3 Å². The lowest BCUT2D eigenvalue weighted by Crippen LogP contribution is -2.49. The molecular formula is C45H54N2O5. The first kappa shape index (κ1) is 37.5. The number of rotatable bonds is 11. The molecular weight excluding hydrogens is 649 g/mol. The van der Waals surface area contributed by atoms with Gasteiger partial charge in [-0.25, -0.2) is 0 Å². The second-order valence-electron chi connectivity index (χ2n) is 15.7. The number of aryl methyl sites for hydroxylation is 2. The summed E-state index contributed by atoms with van der Waals surface area (Å²) in [5.41, 5.74) is 5.23. The van der Waals surface area contributed by atoms with E-state index < -0.39 is 29.4 Å². The average molecular weight is 703 g/mol. The summed E-state index contributed by atoms with van der Waals surface area (Å²) in [5, 5.41) is 24.5. The lowest BCUT2D eigenvalue weighted by molar-refractivity contribution is -0.153. The highest BCUT2D eigenvalue weighted by Crippen LogP contribution is 2.49. The van der Waals surface area contributed by atoms with E-state index in [1.165, 1.54) is 38.7 Å². The lowest BCUT2D eigenvalue weighted by atomic mass is 9.86. The number of aliphatic hydroxyl groups excluding tert-OH is 1. The minimum absolute atomic E-state index is 0.0577. The van der Waals surface area contributed by atoms with Crippen molar-refractivity contribution in [1.29, 1.82) is 0 Å². The van der Waals surface area contributed by atoms with Gasteiger partial charge in [0.1, 0.15) is 11.4 Å². The Bertz CT molecular complexity index is 1780. The summed E-state index contributed by atoms with van der Waals surface area (Å²) in [4.78, 5) is 29.7. The number of nitrogens with one attached hydrogen (secondary N) is 1. The molecule has 1 aliphatic heterocycles. The SMILES string of the molecule is CC(C)(O)NC(=O)C(Cc1ccccc1)CC(O)CC(Cc1ccccc1)C(=O)N1[C@H]2c3ccccc3C[C@H]2OC1(C)C.c1ccc2c(c1)CCC2. The van der Waals surface area contributed by atoms with Crippen molar-refractivity contribution in [3.8, 4) is 0 Å². The first-order valence-electron chi connectivity index (χ1n) is 18.8. The van der Waals surface area contributed by atoms with Crippen LogP contribution in [0.2, 0.25) is 0 Å². The largest absolute Gasteiger partial charge is 0.393 e. The van der Waals surface area contributed by atoms with Crippen molar-refractivity contribution in [2.75, 3.05) is 0 Å². The van der Waals surface area contributed by atoms with Crippen molar-refractivity contribution >= 4 is 11.8 Å². The number of amides is 2. The van der Waals surface area contributed by atoms with Crippen molar-refractivity contribution in [3.05, 3.63) is 143 Å². The molecule has 7 nitrogen and oxygen atoms in total. The summed E-state index contributed by atoms with van der Waals surface area (Å²) in [6.45, 7) is 6.92. The number of carbonyl (C=O) groups excluding carboxylic acids is 2. The number of nitrogens with zero attached hydrogens (tertiary/aromatic N) is 1. The molecule has 274 valence electrons. The Kier molecular flexibility index (Phi) is 11.6. The summed E-state index contributed by atoms with van der Waals surface area (Å²) >= 11 is 0. The Balaban J connectivity index is 0.000000444. The van der Waals surface area contributed by atoms with Gasteiger partial charge in [0.2, 0.25) is 11.8 Å². The molecule has 5 atom stereocenters. The average Bonchev–Trinajstić information content (AvgIpc) is 3.79. The number of carbonyl (C=O) groups is 2. The molecule has 4 aromatic carbocycles. The van der Waals surface area contributed by atoms with Crippen molar-refractivity contribution in [3.63, 3.8) is 0 Å². The van der Waals surface area contributed by atoms with Crippen LogP contribution in [0.5, 0.6) is 0 Å². The van der Waals surface area contributed by atoms with Gasteiger partial charge in [-0.05, 0) is 106 Å². The van der Waals surface area contributed by atoms with Crippen LogP contribution in [0, 0.1) is 11.8 Å². The minimum Gasteiger partial charge on any atom is -0.393 e. The molecule has 2 aliphatic carbocycles. The van der Waals surface area contributed by atoms with Gasteiger partial charge in [-0.1, -0.05) is 109 Å². The molecule has 7 heteroatoms. The molecule has 4 aromatic rings. The van der Waals surface area contributed by atoms with E-state index in [1.807, 2.05) is 91.5 Å². The van der Waals surface area contributed by atoms with E-state index >= 15 is 0 Å². The zero-order chi connectivity index (χ0) is 36.9. The molecule has 0 bridgehead atoms. The summed E-state index contributed by atoms with van der Waals surface area (Å²) in [6.07, 6.45) is 4.91. The number of hydrogen-bond acceptors (Lipinski definition) is 5. The fourth-order valence-electron chi connectivity index (χ4n) is 8.33. The summed E-state index contributed by atoms with van der Waals surface area (Å²) in [7, 11) is 0. The molecule has 0 radical (unpaired) electrons. The highest BCUT2D eigenvalue weighted by atomic mass is 16.5. The fourth-order valence-corrected chi connectivity index (χ4v) is 8.33. The lowest BCUT2D eigenvalue weighted by Gasteiger charge is -2.37. The van der Waals surface area contributed by atoms with E-state index in [0.717, 1.165) is 23.1 Å². The van der Waals surface area contributed by atoms with Crippen molar-refractivity contribution < 1.29 is 24.5 Å². The standard InChI is InChI=1S/C36H44N2O5.C9H10/c1-35(2,42)37-33(40)27(19-24-13-7-5-8-14-24)21-29(39)22-28(20-25-15-9-6-10-16-25)34(41)38-32-30-18-12-11-17-26(30)23-31(32)43-36(38,3)4;1-2-5-9-7-3-6-8(9)4-1/h5-18,27-29,31-32,39,42H,19-23H2,1-4H3,(H,37,40);1-2,4-5H,3,6-7H2/t27?,28?,29?,31-,32+;/m1./s1. The van der Waals surface area contributed by atoms with E-state index in [-0.39, 0.29) is 36.8 Å². The molecule has 52 heavy (non-hydrogen) atoms. The van der Waals surface area contributed by atoms with E-state index in [9.17, 15) is 19.8 Å². The molecule has 3 N–H and O–H groups in total. The number of aliphatic hydroxyl groups is 2. The Labute approximate surface area is 309 Å². The molecule has 0 saturated carbocycles. The molecule has 3 aliphatic rings. The second kappa shape index (κ2) is 16.2. The Morgan fingerprint density at radius 3 is 1.87 bits per heavy atom. The maximum absolute atomic E-state index is 14.6. The monoisotopic (exact) mass is 702 g/mol. The van der Waals surface area contributed by atoms with Gasteiger partial charge >= 0.3 is 0 Å². The van der Waals surface area contributed by atoms with Crippen LogP contribution in [-0.2, 0) is 46.4 Å². The zero-order valence-electron chi connectivity index (χ0n) is 31.0. The minimum atomic E-state index is -1.39. The number of ether oxygens (including phenoxy) is 1. The van der Waals surface area contributed by atoms with Crippen LogP contribution in [0.1, 0.15) is 86.4 Å². The van der Waals surface area contributed by atoms with Crippen LogP contribution in [0.25, 0.3) is 0 Å². The van der Waals surface area contributed by atoms with Crippen LogP contribution in [-0.4, -0.2) is 50.6 Å². The van der Waals surface area contributed by atoms with Crippen LogP contribution < -0.4 is 5.32 Å². The van der Waals surface area contributed by atoms with Crippen molar-refractivity contribution in [2.45, 2.75) is 109 Å². The maximum atomic E-state index is 14.6. The number of hydrogen-bond donors (Lipinski definition) is 3. The van der Waals surface area contributed by atoms with Gasteiger partial charge < -0.3 is 25.2 Å². The predicted molar refractivity (Wildman–Crippen MR) is 204 cm³/mol. The first-order valence-corrected chi connectivity index (χ1v) is 18.8. The van der Waals surface area contributed by atoms with Gasteiger partial charge in [0.05, 0.1) is 18.2 Å². The van der Waals surface area contributed by atoms with Gasteiger partial charge in [0.15, 0.2) is 0 Å². The van der Waals surface area contributed by atoms with Gasteiger partial charge in [-0.15, -0.1) is 0 Å². The zero-order valence-corrected chi connectivity index (χ0v) is 31.0. The molecule has 0 spiro atoms. The van der Waals surface area contributed by atoms with Crippen LogP contribution in [0.15, 0.2) is 109 Å². The van der Waals surface area contributed by atoms with Crippen LogP contribution in [0.3, 0.4) is 0 Å². The molecule has 2 amide bonds.